The molecule has 5 rings (SSSR count). The number of amides is 1. The van der Waals surface area contributed by atoms with Crippen molar-refractivity contribution in [1.82, 2.24) is 4.90 Å². The number of nitrogens with zero attached hydrogens (tertiary/aromatic N) is 3. The summed E-state index contributed by atoms with van der Waals surface area (Å²) in [4.78, 5) is 34.5. The fourth-order valence-corrected chi connectivity index (χ4v) is 6.63. The topological polar surface area (TPSA) is 73.2 Å². The fourth-order valence-electron chi connectivity index (χ4n) is 5.63. The van der Waals surface area contributed by atoms with Gasteiger partial charge in [-0.3, -0.25) is 9.69 Å². The first-order valence-electron chi connectivity index (χ1n) is 13.3. The van der Waals surface area contributed by atoms with E-state index in [9.17, 15) is 14.7 Å². The number of anilines is 1. The molecule has 6 nitrogen and oxygen atoms in total. The zero-order chi connectivity index (χ0) is 27.7. The summed E-state index contributed by atoms with van der Waals surface area (Å²) in [6.07, 6.45) is 3.04. The Balaban J connectivity index is 1.48. The lowest BCUT2D eigenvalue weighted by atomic mass is 9.79. The molecule has 39 heavy (non-hydrogen) atoms. The standard InChI is InChI=1S/C32H33N3O3S/c1-5-35-27-16-13-23(17-26(27)21(2)19-32(35,3)4)18-28-29(36)34(20-22-11-14-24(15-12-22)30(37)38)31(39-28)33-25-9-7-6-8-10-25/h6-18,21H,5,19-20H2,1-4H3,(H,37,38)/b28-18+,33-31?. The van der Waals surface area contributed by atoms with Crippen LogP contribution in [0.2, 0.25) is 0 Å². The number of carboxylic acids is 1. The van der Waals surface area contributed by atoms with Gasteiger partial charge < -0.3 is 10.0 Å². The summed E-state index contributed by atoms with van der Waals surface area (Å²) in [5.74, 6) is -0.668. The van der Waals surface area contributed by atoms with E-state index in [4.69, 9.17) is 4.99 Å². The first-order valence-corrected chi connectivity index (χ1v) is 14.1. The highest BCUT2D eigenvalue weighted by atomic mass is 32.2. The van der Waals surface area contributed by atoms with Gasteiger partial charge >= 0.3 is 5.97 Å². The monoisotopic (exact) mass is 539 g/mol. The molecule has 200 valence electrons. The van der Waals surface area contributed by atoms with Gasteiger partial charge in [-0.15, -0.1) is 0 Å². The van der Waals surface area contributed by atoms with E-state index in [1.165, 1.54) is 23.0 Å². The maximum Gasteiger partial charge on any atom is 0.335 e. The number of benzene rings is 3. The molecule has 2 aliphatic heterocycles. The summed E-state index contributed by atoms with van der Waals surface area (Å²) >= 11 is 1.37. The fraction of sp³-hybridized carbons (Fsp3) is 0.281. The van der Waals surface area contributed by atoms with Crippen LogP contribution in [0.1, 0.15) is 67.1 Å². The van der Waals surface area contributed by atoms with E-state index < -0.39 is 5.97 Å². The predicted molar refractivity (Wildman–Crippen MR) is 160 cm³/mol. The summed E-state index contributed by atoms with van der Waals surface area (Å²) < 4.78 is 0. The zero-order valence-electron chi connectivity index (χ0n) is 22.7. The largest absolute Gasteiger partial charge is 0.478 e. The predicted octanol–water partition coefficient (Wildman–Crippen LogP) is 7.30. The SMILES string of the molecule is CCN1c2ccc(/C=C3/SC(=Nc4ccccc4)N(Cc4ccc(C(=O)O)cc4)C3=O)cc2C(C)CC1(C)C. The molecule has 3 aromatic rings. The van der Waals surface area contributed by atoms with Gasteiger partial charge in [0.25, 0.3) is 5.91 Å². The van der Waals surface area contributed by atoms with Crippen molar-refractivity contribution in [2.24, 2.45) is 4.99 Å². The van der Waals surface area contributed by atoms with E-state index in [1.807, 2.05) is 36.4 Å². The van der Waals surface area contributed by atoms with Crippen LogP contribution in [-0.2, 0) is 11.3 Å². The van der Waals surface area contributed by atoms with Gasteiger partial charge in [0.2, 0.25) is 0 Å². The van der Waals surface area contributed by atoms with Gasteiger partial charge in [-0.2, -0.15) is 0 Å². The molecule has 0 bridgehead atoms. The van der Waals surface area contributed by atoms with Crippen LogP contribution in [0.15, 0.2) is 82.7 Å². The lowest BCUT2D eigenvalue weighted by molar-refractivity contribution is -0.122. The molecule has 1 atom stereocenters. The van der Waals surface area contributed by atoms with Crippen LogP contribution < -0.4 is 4.90 Å². The second-order valence-electron chi connectivity index (χ2n) is 10.7. The normalized spacial score (nSPS) is 20.5. The lowest BCUT2D eigenvalue weighted by Gasteiger charge is -2.47. The molecule has 7 heteroatoms. The third kappa shape index (κ3) is 5.50. The van der Waals surface area contributed by atoms with Crippen LogP contribution in [0.25, 0.3) is 6.08 Å². The molecule has 3 aromatic carbocycles. The molecular formula is C32H33N3O3S. The van der Waals surface area contributed by atoms with Crippen molar-refractivity contribution < 1.29 is 14.7 Å². The number of hydrogen-bond acceptors (Lipinski definition) is 5. The first-order chi connectivity index (χ1) is 18.7. The van der Waals surface area contributed by atoms with E-state index in [-0.39, 0.29) is 17.0 Å². The number of fused-ring (bicyclic) bond motifs is 1. The minimum Gasteiger partial charge on any atom is -0.478 e. The molecule has 1 fully saturated rings. The maximum absolute atomic E-state index is 13.7. The Hall–Kier alpha value is -3.84. The number of rotatable bonds is 6. The Bertz CT molecular complexity index is 1460. The van der Waals surface area contributed by atoms with Gasteiger partial charge in [-0.1, -0.05) is 43.3 Å². The average molecular weight is 540 g/mol. The van der Waals surface area contributed by atoms with E-state index in [2.05, 4.69) is 50.8 Å². The number of carbonyl (C=O) groups is 2. The van der Waals surface area contributed by atoms with Gasteiger partial charge in [-0.25, -0.2) is 9.79 Å². The van der Waals surface area contributed by atoms with E-state index in [0.717, 1.165) is 29.8 Å². The summed E-state index contributed by atoms with van der Waals surface area (Å²) in [6.45, 7) is 10.3. The third-order valence-electron chi connectivity index (χ3n) is 7.43. The van der Waals surface area contributed by atoms with Crippen molar-refractivity contribution in [3.63, 3.8) is 0 Å². The number of carboxylic acid groups (broad SMARTS) is 1. The summed E-state index contributed by atoms with van der Waals surface area (Å²) in [5, 5.41) is 9.83. The molecule has 1 unspecified atom stereocenters. The molecule has 1 amide bonds. The molecule has 0 aromatic heterocycles. The third-order valence-corrected chi connectivity index (χ3v) is 8.44. The average Bonchev–Trinajstić information content (AvgIpc) is 3.18. The Morgan fingerprint density at radius 1 is 1.10 bits per heavy atom. The Kier molecular flexibility index (Phi) is 7.36. The highest BCUT2D eigenvalue weighted by Gasteiger charge is 2.36. The van der Waals surface area contributed by atoms with Gasteiger partial charge in [0.1, 0.15) is 0 Å². The zero-order valence-corrected chi connectivity index (χ0v) is 23.5. The minimum absolute atomic E-state index is 0.102. The molecule has 0 aliphatic carbocycles. The van der Waals surface area contributed by atoms with E-state index in [0.29, 0.717) is 22.5 Å². The van der Waals surface area contributed by atoms with Crippen molar-refractivity contribution in [2.75, 3.05) is 11.4 Å². The Labute approximate surface area is 234 Å². The quantitative estimate of drug-likeness (QED) is 0.333. The van der Waals surface area contributed by atoms with Crippen LogP contribution in [-0.4, -0.2) is 39.1 Å². The van der Waals surface area contributed by atoms with Gasteiger partial charge in [-0.05, 0) is 104 Å². The van der Waals surface area contributed by atoms with E-state index in [1.54, 1.807) is 29.2 Å². The number of para-hydroxylation sites is 1. The molecule has 0 saturated carbocycles. The lowest BCUT2D eigenvalue weighted by Crippen LogP contribution is -2.48. The van der Waals surface area contributed by atoms with Gasteiger partial charge in [0.15, 0.2) is 5.17 Å². The van der Waals surface area contributed by atoms with Crippen LogP contribution in [0.5, 0.6) is 0 Å². The molecular weight excluding hydrogens is 506 g/mol. The van der Waals surface area contributed by atoms with Crippen LogP contribution in [0, 0.1) is 0 Å². The van der Waals surface area contributed by atoms with Gasteiger partial charge in [0.05, 0.1) is 22.7 Å². The first kappa shape index (κ1) is 26.8. The number of amidine groups is 1. The number of hydrogen-bond donors (Lipinski definition) is 1. The molecule has 0 radical (unpaired) electrons. The maximum atomic E-state index is 13.7. The van der Waals surface area contributed by atoms with Gasteiger partial charge in [0, 0.05) is 17.8 Å². The highest BCUT2D eigenvalue weighted by Crippen LogP contribution is 2.44. The van der Waals surface area contributed by atoms with E-state index >= 15 is 0 Å². The molecule has 1 saturated heterocycles. The van der Waals surface area contributed by atoms with Crippen molar-refractivity contribution >= 4 is 46.3 Å². The summed E-state index contributed by atoms with van der Waals surface area (Å²) in [5.41, 5.74) is 5.50. The van der Waals surface area contributed by atoms with Crippen molar-refractivity contribution in [2.45, 2.75) is 52.1 Å². The Morgan fingerprint density at radius 2 is 1.82 bits per heavy atom. The minimum atomic E-state index is -0.976. The number of aromatic carboxylic acids is 1. The second kappa shape index (κ2) is 10.7. The number of carbonyl (C=O) groups excluding carboxylic acids is 1. The van der Waals surface area contributed by atoms with Crippen LogP contribution in [0.4, 0.5) is 11.4 Å². The second-order valence-corrected chi connectivity index (χ2v) is 11.7. The van der Waals surface area contributed by atoms with Crippen LogP contribution in [0.3, 0.4) is 0 Å². The summed E-state index contributed by atoms with van der Waals surface area (Å²) in [7, 11) is 0. The van der Waals surface area contributed by atoms with Crippen LogP contribution >= 0.6 is 11.8 Å². The number of thioether (sulfide) groups is 1. The van der Waals surface area contributed by atoms with Crippen molar-refractivity contribution in [3.8, 4) is 0 Å². The Morgan fingerprint density at radius 3 is 2.49 bits per heavy atom. The van der Waals surface area contributed by atoms with Crippen molar-refractivity contribution in [1.29, 1.82) is 0 Å². The van der Waals surface area contributed by atoms with Crippen molar-refractivity contribution in [3.05, 3.63) is 100.0 Å². The molecule has 1 N–H and O–H groups in total. The number of aliphatic imine (C=N–C) groups is 1. The molecule has 2 aliphatic rings. The molecule has 0 spiro atoms. The summed E-state index contributed by atoms with van der Waals surface area (Å²) in [6, 6.07) is 22.7. The molecule has 2 heterocycles. The highest BCUT2D eigenvalue weighted by molar-refractivity contribution is 8.18. The smallest absolute Gasteiger partial charge is 0.335 e.